The molecule has 0 aliphatic carbocycles. The first-order valence-electron chi connectivity index (χ1n) is 11.2. The van der Waals surface area contributed by atoms with Gasteiger partial charge in [0.15, 0.2) is 11.5 Å². The molecule has 33 heavy (non-hydrogen) atoms. The molecule has 0 spiro atoms. The van der Waals surface area contributed by atoms with Crippen LogP contribution in [0.1, 0.15) is 18.4 Å². The SMILES string of the molecule is O=C(CNCCCCNCCc1ccc(O)c(O)c1)Nc1ccc(Oc2ccccc2)cc1. The van der Waals surface area contributed by atoms with Crippen LogP contribution in [0.2, 0.25) is 0 Å². The van der Waals surface area contributed by atoms with E-state index in [0.717, 1.165) is 55.9 Å². The van der Waals surface area contributed by atoms with Crippen molar-refractivity contribution in [2.45, 2.75) is 19.3 Å². The molecular weight excluding hydrogens is 418 g/mol. The monoisotopic (exact) mass is 449 g/mol. The number of carbonyl (C=O) groups is 1. The maximum Gasteiger partial charge on any atom is 0.238 e. The van der Waals surface area contributed by atoms with E-state index in [1.807, 2.05) is 54.6 Å². The number of carbonyl (C=O) groups excluding carboxylic acids is 1. The minimum absolute atomic E-state index is 0.0815. The lowest BCUT2D eigenvalue weighted by atomic mass is 10.1. The number of rotatable bonds is 13. The number of hydrogen-bond acceptors (Lipinski definition) is 6. The smallest absolute Gasteiger partial charge is 0.238 e. The van der Waals surface area contributed by atoms with Gasteiger partial charge in [0.25, 0.3) is 0 Å². The number of phenolic OH excluding ortho intramolecular Hbond substituents is 2. The Kier molecular flexibility index (Phi) is 9.57. The predicted molar refractivity (Wildman–Crippen MR) is 130 cm³/mol. The third-order valence-corrected chi connectivity index (χ3v) is 4.99. The van der Waals surface area contributed by atoms with Crippen molar-refractivity contribution in [1.29, 1.82) is 0 Å². The van der Waals surface area contributed by atoms with Gasteiger partial charge in [-0.25, -0.2) is 0 Å². The summed E-state index contributed by atoms with van der Waals surface area (Å²) >= 11 is 0. The third-order valence-electron chi connectivity index (χ3n) is 4.99. The summed E-state index contributed by atoms with van der Waals surface area (Å²) in [5, 5.41) is 28.2. The summed E-state index contributed by atoms with van der Waals surface area (Å²) < 4.78 is 5.75. The molecule has 0 atom stereocenters. The van der Waals surface area contributed by atoms with Gasteiger partial charge in [0, 0.05) is 5.69 Å². The molecule has 5 N–H and O–H groups in total. The minimum atomic E-state index is -0.0979. The summed E-state index contributed by atoms with van der Waals surface area (Å²) in [5.74, 6) is 1.22. The van der Waals surface area contributed by atoms with E-state index in [0.29, 0.717) is 5.75 Å². The molecule has 3 aromatic rings. The molecule has 7 nitrogen and oxygen atoms in total. The lowest BCUT2D eigenvalue weighted by Crippen LogP contribution is -2.29. The standard InChI is InChI=1S/C26H31N3O4/c30-24-13-8-20(18-25(24)31)14-17-27-15-4-5-16-28-19-26(32)29-21-9-11-23(12-10-21)33-22-6-2-1-3-7-22/h1-3,6-13,18,27-28,30-31H,4-5,14-17,19H2,(H,29,32). The van der Waals surface area contributed by atoms with Crippen molar-refractivity contribution in [2.24, 2.45) is 0 Å². The number of benzene rings is 3. The summed E-state index contributed by atoms with van der Waals surface area (Å²) in [7, 11) is 0. The fraction of sp³-hybridized carbons (Fsp3) is 0.269. The number of amides is 1. The molecule has 7 heteroatoms. The molecule has 1 amide bonds. The van der Waals surface area contributed by atoms with E-state index >= 15 is 0 Å². The van der Waals surface area contributed by atoms with Gasteiger partial charge in [-0.3, -0.25) is 4.79 Å². The van der Waals surface area contributed by atoms with Crippen molar-refractivity contribution in [3.05, 3.63) is 78.4 Å². The largest absolute Gasteiger partial charge is 0.504 e. The first kappa shape index (κ1) is 24.1. The number of phenols is 2. The highest BCUT2D eigenvalue weighted by Gasteiger charge is 2.03. The maximum atomic E-state index is 12.1. The van der Waals surface area contributed by atoms with Gasteiger partial charge in [0.05, 0.1) is 6.54 Å². The van der Waals surface area contributed by atoms with Gasteiger partial charge < -0.3 is 30.9 Å². The number of unbranched alkanes of at least 4 members (excludes halogenated alkanes) is 1. The molecule has 3 aromatic carbocycles. The number of nitrogens with one attached hydrogen (secondary N) is 3. The Balaban J connectivity index is 1.21. The highest BCUT2D eigenvalue weighted by atomic mass is 16.5. The molecule has 0 aliphatic heterocycles. The van der Waals surface area contributed by atoms with E-state index < -0.39 is 0 Å². The Morgan fingerprint density at radius 3 is 2.18 bits per heavy atom. The summed E-state index contributed by atoms with van der Waals surface area (Å²) in [5.41, 5.74) is 1.71. The van der Waals surface area contributed by atoms with Gasteiger partial charge in [0.2, 0.25) is 5.91 Å². The van der Waals surface area contributed by atoms with E-state index in [1.54, 1.807) is 12.1 Å². The maximum absolute atomic E-state index is 12.1. The van der Waals surface area contributed by atoms with Gasteiger partial charge in [-0.15, -0.1) is 0 Å². The Hall–Kier alpha value is -3.55. The Labute approximate surface area is 194 Å². The van der Waals surface area contributed by atoms with Crippen molar-refractivity contribution in [1.82, 2.24) is 10.6 Å². The van der Waals surface area contributed by atoms with E-state index in [1.165, 1.54) is 6.07 Å². The van der Waals surface area contributed by atoms with Crippen LogP contribution in [0.4, 0.5) is 5.69 Å². The zero-order valence-electron chi connectivity index (χ0n) is 18.6. The normalized spacial score (nSPS) is 10.7. The van der Waals surface area contributed by atoms with Crippen molar-refractivity contribution >= 4 is 11.6 Å². The van der Waals surface area contributed by atoms with Crippen LogP contribution in [-0.4, -0.2) is 42.3 Å². The molecule has 174 valence electrons. The van der Waals surface area contributed by atoms with Crippen molar-refractivity contribution in [2.75, 3.05) is 31.5 Å². The molecule has 0 heterocycles. The average Bonchev–Trinajstić information content (AvgIpc) is 2.82. The molecule has 0 radical (unpaired) electrons. The molecule has 0 saturated carbocycles. The van der Waals surface area contributed by atoms with E-state index in [2.05, 4.69) is 16.0 Å². The van der Waals surface area contributed by atoms with E-state index in [4.69, 9.17) is 4.74 Å². The van der Waals surface area contributed by atoms with Crippen molar-refractivity contribution in [3.8, 4) is 23.0 Å². The Bertz CT molecular complexity index is 994. The van der Waals surface area contributed by atoms with E-state index in [-0.39, 0.29) is 24.0 Å². The Morgan fingerprint density at radius 2 is 1.45 bits per heavy atom. The topological polar surface area (TPSA) is 103 Å². The summed E-state index contributed by atoms with van der Waals surface area (Å²) in [6.45, 7) is 2.72. The quantitative estimate of drug-likeness (QED) is 0.199. The Morgan fingerprint density at radius 1 is 0.758 bits per heavy atom. The zero-order valence-corrected chi connectivity index (χ0v) is 18.6. The zero-order chi connectivity index (χ0) is 23.3. The highest BCUT2D eigenvalue weighted by molar-refractivity contribution is 5.92. The van der Waals surface area contributed by atoms with Gasteiger partial charge in [-0.2, -0.15) is 0 Å². The van der Waals surface area contributed by atoms with Crippen molar-refractivity contribution < 1.29 is 19.7 Å². The second kappa shape index (κ2) is 13.1. The molecule has 0 aromatic heterocycles. The van der Waals surface area contributed by atoms with Gasteiger partial charge in [-0.1, -0.05) is 24.3 Å². The highest BCUT2D eigenvalue weighted by Crippen LogP contribution is 2.25. The third kappa shape index (κ3) is 8.84. The van der Waals surface area contributed by atoms with Crippen LogP contribution in [0.5, 0.6) is 23.0 Å². The first-order valence-corrected chi connectivity index (χ1v) is 11.2. The second-order valence-corrected chi connectivity index (χ2v) is 7.69. The molecule has 0 bridgehead atoms. The molecule has 3 rings (SSSR count). The fourth-order valence-corrected chi connectivity index (χ4v) is 3.22. The van der Waals surface area contributed by atoms with Gasteiger partial charge in [-0.05, 0) is 93.0 Å². The predicted octanol–water partition coefficient (Wildman–Crippen LogP) is 4.03. The van der Waals surface area contributed by atoms with Crippen molar-refractivity contribution in [3.63, 3.8) is 0 Å². The number of para-hydroxylation sites is 1. The van der Waals surface area contributed by atoms with Crippen LogP contribution in [-0.2, 0) is 11.2 Å². The van der Waals surface area contributed by atoms with Crippen LogP contribution < -0.4 is 20.7 Å². The molecule has 0 fully saturated rings. The van der Waals surface area contributed by atoms with Crippen LogP contribution in [0, 0.1) is 0 Å². The minimum Gasteiger partial charge on any atom is -0.504 e. The fourth-order valence-electron chi connectivity index (χ4n) is 3.22. The van der Waals surface area contributed by atoms with Gasteiger partial charge >= 0.3 is 0 Å². The summed E-state index contributed by atoms with van der Waals surface area (Å²) in [6, 6.07) is 21.7. The van der Waals surface area contributed by atoms with Crippen LogP contribution >= 0.6 is 0 Å². The number of anilines is 1. The first-order chi connectivity index (χ1) is 16.1. The second-order valence-electron chi connectivity index (χ2n) is 7.69. The summed E-state index contributed by atoms with van der Waals surface area (Å²) in [6.07, 6.45) is 2.75. The molecule has 0 unspecified atom stereocenters. The number of hydrogen-bond donors (Lipinski definition) is 5. The molecule has 0 saturated heterocycles. The average molecular weight is 450 g/mol. The number of aromatic hydroxyl groups is 2. The van der Waals surface area contributed by atoms with Crippen LogP contribution in [0.25, 0.3) is 0 Å². The lowest BCUT2D eigenvalue weighted by molar-refractivity contribution is -0.115. The number of ether oxygens (including phenoxy) is 1. The molecular formula is C26H31N3O4. The van der Waals surface area contributed by atoms with Crippen LogP contribution in [0.3, 0.4) is 0 Å². The molecule has 0 aliphatic rings. The lowest BCUT2D eigenvalue weighted by Gasteiger charge is -2.09. The summed E-state index contributed by atoms with van der Waals surface area (Å²) in [4.78, 5) is 12.1. The van der Waals surface area contributed by atoms with Crippen LogP contribution in [0.15, 0.2) is 72.8 Å². The van der Waals surface area contributed by atoms with E-state index in [9.17, 15) is 15.0 Å². The van der Waals surface area contributed by atoms with Gasteiger partial charge in [0.1, 0.15) is 11.5 Å².